The van der Waals surface area contributed by atoms with Crippen molar-refractivity contribution in [3.63, 3.8) is 0 Å². The molecule has 0 N–H and O–H groups in total. The number of rotatable bonds is 6. The molecular weight excluding hydrogens is 356 g/mol. The summed E-state index contributed by atoms with van der Waals surface area (Å²) < 4.78 is 16.4. The highest BCUT2D eigenvalue weighted by Crippen LogP contribution is 2.29. The van der Waals surface area contributed by atoms with Gasteiger partial charge in [0.1, 0.15) is 17.1 Å². The summed E-state index contributed by atoms with van der Waals surface area (Å²) in [6, 6.07) is 13.0. The van der Waals surface area contributed by atoms with E-state index in [0.717, 1.165) is 41.5 Å². The maximum atomic E-state index is 12.1. The van der Waals surface area contributed by atoms with Crippen LogP contribution >= 0.6 is 0 Å². The molecule has 0 unspecified atom stereocenters. The molecule has 3 aromatic rings. The van der Waals surface area contributed by atoms with Gasteiger partial charge < -0.3 is 13.9 Å². The van der Waals surface area contributed by atoms with E-state index in [-0.39, 0.29) is 18.0 Å². The first-order valence-corrected chi connectivity index (χ1v) is 9.59. The molecule has 1 heterocycles. The Morgan fingerprint density at radius 2 is 1.79 bits per heavy atom. The second-order valence-electron chi connectivity index (χ2n) is 7.10. The molecule has 0 spiro atoms. The number of hydrogen-bond donors (Lipinski definition) is 0. The largest absolute Gasteiger partial charge is 0.494 e. The van der Waals surface area contributed by atoms with E-state index in [4.69, 9.17) is 13.9 Å². The zero-order chi connectivity index (χ0) is 19.5. The van der Waals surface area contributed by atoms with Crippen molar-refractivity contribution in [1.82, 2.24) is 0 Å². The van der Waals surface area contributed by atoms with Gasteiger partial charge in [-0.3, -0.25) is 4.79 Å². The highest BCUT2D eigenvalue weighted by atomic mass is 16.5. The lowest BCUT2D eigenvalue weighted by Crippen LogP contribution is -2.10. The van der Waals surface area contributed by atoms with Crippen LogP contribution in [0.4, 0.5) is 0 Å². The Morgan fingerprint density at radius 3 is 2.61 bits per heavy atom. The smallest absolute Gasteiger partial charge is 0.339 e. The molecule has 1 aliphatic rings. The minimum atomic E-state index is -0.338. The van der Waals surface area contributed by atoms with Gasteiger partial charge in [0.05, 0.1) is 6.61 Å². The lowest BCUT2D eigenvalue weighted by molar-refractivity contribution is -0.134. The second kappa shape index (κ2) is 7.89. The minimum Gasteiger partial charge on any atom is -0.494 e. The molecule has 2 aromatic carbocycles. The second-order valence-corrected chi connectivity index (χ2v) is 7.10. The summed E-state index contributed by atoms with van der Waals surface area (Å²) in [7, 11) is 0. The van der Waals surface area contributed by atoms with Gasteiger partial charge in [0.2, 0.25) is 0 Å². The Balaban J connectivity index is 1.34. The molecule has 0 aliphatic heterocycles. The molecule has 1 aromatic heterocycles. The number of hydrogen-bond acceptors (Lipinski definition) is 5. The van der Waals surface area contributed by atoms with Crippen molar-refractivity contribution in [2.75, 3.05) is 6.61 Å². The van der Waals surface area contributed by atoms with Crippen molar-refractivity contribution in [1.29, 1.82) is 0 Å². The molecule has 5 heteroatoms. The van der Waals surface area contributed by atoms with E-state index < -0.39 is 0 Å². The molecule has 5 nitrogen and oxygen atoms in total. The van der Waals surface area contributed by atoms with Gasteiger partial charge in [-0.05, 0) is 62.4 Å². The molecule has 0 saturated heterocycles. The molecule has 0 saturated carbocycles. The maximum Gasteiger partial charge on any atom is 0.339 e. The number of fused-ring (bicyclic) bond motifs is 3. The summed E-state index contributed by atoms with van der Waals surface area (Å²) >= 11 is 0. The van der Waals surface area contributed by atoms with Gasteiger partial charge >= 0.3 is 11.6 Å². The van der Waals surface area contributed by atoms with Gasteiger partial charge in [0.15, 0.2) is 0 Å². The van der Waals surface area contributed by atoms with Crippen molar-refractivity contribution in [2.45, 2.75) is 39.0 Å². The number of carbonyl (C=O) groups excluding carboxylic acids is 1. The fourth-order valence-electron chi connectivity index (χ4n) is 3.55. The first-order valence-electron chi connectivity index (χ1n) is 9.59. The molecule has 0 amide bonds. The minimum absolute atomic E-state index is 0.248. The van der Waals surface area contributed by atoms with E-state index in [9.17, 15) is 9.59 Å². The van der Waals surface area contributed by atoms with E-state index in [1.807, 2.05) is 37.3 Å². The van der Waals surface area contributed by atoms with Crippen LogP contribution in [0.25, 0.3) is 11.0 Å². The predicted octanol–water partition coefficient (Wildman–Crippen LogP) is 4.35. The van der Waals surface area contributed by atoms with E-state index in [1.54, 1.807) is 12.1 Å². The average molecular weight is 378 g/mol. The van der Waals surface area contributed by atoms with Gasteiger partial charge in [-0.25, -0.2) is 4.79 Å². The van der Waals surface area contributed by atoms with Crippen molar-refractivity contribution in [3.8, 4) is 11.5 Å². The third-order valence-electron chi connectivity index (χ3n) is 4.99. The van der Waals surface area contributed by atoms with Crippen LogP contribution in [0.3, 0.4) is 0 Å². The summed E-state index contributed by atoms with van der Waals surface area (Å²) in [5.74, 6) is 0.837. The van der Waals surface area contributed by atoms with Gasteiger partial charge in [0.25, 0.3) is 0 Å². The Kier molecular flexibility index (Phi) is 5.15. The molecule has 4 rings (SSSR count). The van der Waals surface area contributed by atoms with Crippen LogP contribution < -0.4 is 15.1 Å². The van der Waals surface area contributed by atoms with Crippen LogP contribution in [0.15, 0.2) is 51.7 Å². The number of ether oxygens (including phenoxy) is 2. The third-order valence-corrected chi connectivity index (χ3v) is 4.99. The molecule has 0 atom stereocenters. The van der Waals surface area contributed by atoms with E-state index in [0.29, 0.717) is 24.4 Å². The summed E-state index contributed by atoms with van der Waals surface area (Å²) in [6.45, 7) is 2.46. The predicted molar refractivity (Wildman–Crippen MR) is 106 cm³/mol. The molecule has 0 bridgehead atoms. The van der Waals surface area contributed by atoms with Gasteiger partial charge in [-0.1, -0.05) is 17.7 Å². The number of benzene rings is 2. The fraction of sp³-hybridized carbons (Fsp3) is 0.304. The van der Waals surface area contributed by atoms with Crippen molar-refractivity contribution in [2.24, 2.45) is 0 Å². The van der Waals surface area contributed by atoms with Crippen molar-refractivity contribution in [3.05, 3.63) is 69.6 Å². The van der Waals surface area contributed by atoms with Crippen LogP contribution in [0.5, 0.6) is 11.5 Å². The van der Waals surface area contributed by atoms with Crippen LogP contribution in [0.2, 0.25) is 0 Å². The molecule has 0 fully saturated rings. The Hall–Kier alpha value is -3.08. The number of carbonyl (C=O) groups is 1. The lowest BCUT2D eigenvalue weighted by Gasteiger charge is -2.08. The highest BCUT2D eigenvalue weighted by Gasteiger charge is 2.20. The Bertz CT molecular complexity index is 1060. The van der Waals surface area contributed by atoms with Gasteiger partial charge in [0, 0.05) is 23.4 Å². The number of esters is 1. The Labute approximate surface area is 162 Å². The van der Waals surface area contributed by atoms with Crippen LogP contribution in [-0.4, -0.2) is 12.6 Å². The average Bonchev–Trinajstić information content (AvgIpc) is 3.17. The zero-order valence-corrected chi connectivity index (χ0v) is 15.8. The van der Waals surface area contributed by atoms with E-state index in [1.165, 1.54) is 5.56 Å². The SMILES string of the molecule is Cc1ccc(OCCCC(=O)Oc2ccc3c4c(c(=O)oc3c2)CCC4)cc1. The fourth-order valence-corrected chi connectivity index (χ4v) is 3.55. The highest BCUT2D eigenvalue weighted by molar-refractivity contribution is 5.84. The number of aryl methyl sites for hydroxylation is 2. The van der Waals surface area contributed by atoms with Crippen molar-refractivity contribution >= 4 is 16.9 Å². The summed E-state index contributed by atoms with van der Waals surface area (Å²) in [6.07, 6.45) is 3.44. The van der Waals surface area contributed by atoms with Crippen LogP contribution in [0.1, 0.15) is 36.0 Å². The Morgan fingerprint density at radius 1 is 1.04 bits per heavy atom. The quantitative estimate of drug-likeness (QED) is 0.276. The monoisotopic (exact) mass is 378 g/mol. The van der Waals surface area contributed by atoms with E-state index in [2.05, 4.69) is 0 Å². The van der Waals surface area contributed by atoms with Crippen LogP contribution in [-0.2, 0) is 17.6 Å². The van der Waals surface area contributed by atoms with Gasteiger partial charge in [-0.2, -0.15) is 0 Å². The normalized spacial score (nSPS) is 12.8. The molecule has 28 heavy (non-hydrogen) atoms. The van der Waals surface area contributed by atoms with Gasteiger partial charge in [-0.15, -0.1) is 0 Å². The first kappa shape index (κ1) is 18.3. The molecule has 0 radical (unpaired) electrons. The van der Waals surface area contributed by atoms with Crippen LogP contribution in [0, 0.1) is 6.92 Å². The lowest BCUT2D eigenvalue weighted by atomic mass is 10.1. The zero-order valence-electron chi connectivity index (χ0n) is 15.8. The summed E-state index contributed by atoms with van der Waals surface area (Å²) in [5.41, 5.74) is 3.21. The third kappa shape index (κ3) is 3.93. The first-order chi connectivity index (χ1) is 13.6. The summed E-state index contributed by atoms with van der Waals surface area (Å²) in [5, 5.41) is 0.929. The summed E-state index contributed by atoms with van der Waals surface area (Å²) in [4.78, 5) is 24.2. The molecule has 1 aliphatic carbocycles. The van der Waals surface area contributed by atoms with E-state index >= 15 is 0 Å². The maximum absolute atomic E-state index is 12.1. The topological polar surface area (TPSA) is 65.7 Å². The standard InChI is InChI=1S/C23H22O5/c1-15-7-9-16(10-8-15)26-13-3-6-22(24)27-17-11-12-19-18-4-2-5-20(18)23(25)28-21(19)14-17/h7-12,14H,2-6,13H2,1H3. The molecular formula is C23H22O5. The molecule has 144 valence electrons. The van der Waals surface area contributed by atoms with Crippen molar-refractivity contribution < 1.29 is 18.7 Å².